The highest BCUT2D eigenvalue weighted by molar-refractivity contribution is 5.89. The third kappa shape index (κ3) is 4.03. The molecule has 1 unspecified atom stereocenters. The van der Waals surface area contributed by atoms with Crippen LogP contribution in [0, 0.1) is 5.92 Å². The van der Waals surface area contributed by atoms with Gasteiger partial charge in [-0.3, -0.25) is 19.6 Å². The molecule has 0 spiro atoms. The van der Waals surface area contributed by atoms with E-state index in [0.29, 0.717) is 31.5 Å². The van der Waals surface area contributed by atoms with E-state index < -0.39 is 0 Å². The largest absolute Gasteiger partial charge is 0.353 e. The first-order chi connectivity index (χ1) is 13.0. The lowest BCUT2D eigenvalue weighted by molar-refractivity contribution is -0.139. The molecule has 2 N–H and O–H groups in total. The zero-order valence-corrected chi connectivity index (χ0v) is 16.5. The maximum Gasteiger partial charge on any atom is 0.237 e. The molecule has 2 amide bonds. The zero-order chi connectivity index (χ0) is 19.0. The van der Waals surface area contributed by atoms with Gasteiger partial charge in [0.15, 0.2) is 0 Å². The minimum absolute atomic E-state index is 0.00182. The smallest absolute Gasteiger partial charge is 0.237 e. The summed E-state index contributed by atoms with van der Waals surface area (Å²) in [6.45, 7) is 8.11. The Kier molecular flexibility index (Phi) is 5.21. The molecule has 3 heterocycles. The lowest BCUT2D eigenvalue weighted by Crippen LogP contribution is -2.57. The Hall–Kier alpha value is -1.89. The van der Waals surface area contributed by atoms with Gasteiger partial charge in [0.05, 0.1) is 18.2 Å². The first-order valence-electron chi connectivity index (χ1n) is 10.4. The first-order valence-corrected chi connectivity index (χ1v) is 10.4. The molecule has 1 aliphatic carbocycles. The van der Waals surface area contributed by atoms with Gasteiger partial charge in [0, 0.05) is 49.8 Å². The monoisotopic (exact) mass is 373 g/mol. The number of rotatable bonds is 6. The molecule has 2 fully saturated rings. The molecule has 1 saturated heterocycles. The predicted molar refractivity (Wildman–Crippen MR) is 102 cm³/mol. The van der Waals surface area contributed by atoms with E-state index in [1.165, 1.54) is 24.1 Å². The van der Waals surface area contributed by atoms with Crippen LogP contribution in [-0.4, -0.2) is 64.0 Å². The van der Waals surface area contributed by atoms with Crippen LogP contribution in [-0.2, 0) is 22.6 Å². The molecule has 2 aliphatic heterocycles. The van der Waals surface area contributed by atoms with Crippen molar-refractivity contribution in [2.45, 2.75) is 64.5 Å². The average molecular weight is 374 g/mol. The number of nitrogens with one attached hydrogen (secondary N) is 2. The highest BCUT2D eigenvalue weighted by atomic mass is 16.2. The second kappa shape index (κ2) is 7.62. The third-order valence-electron chi connectivity index (χ3n) is 6.09. The van der Waals surface area contributed by atoms with E-state index in [4.69, 9.17) is 0 Å². The summed E-state index contributed by atoms with van der Waals surface area (Å²) in [6, 6.07) is -0.335. The van der Waals surface area contributed by atoms with E-state index >= 15 is 0 Å². The molecule has 4 rings (SSSR count). The van der Waals surface area contributed by atoms with E-state index in [0.717, 1.165) is 31.6 Å². The number of aromatic amines is 1. The molecule has 1 saturated carbocycles. The molecule has 7 nitrogen and oxygen atoms in total. The summed E-state index contributed by atoms with van der Waals surface area (Å²) >= 11 is 0. The molecule has 1 aromatic rings. The first kappa shape index (κ1) is 18.5. The van der Waals surface area contributed by atoms with Gasteiger partial charge in [-0.1, -0.05) is 13.8 Å². The summed E-state index contributed by atoms with van der Waals surface area (Å²) in [5, 5.41) is 10.6. The summed E-state index contributed by atoms with van der Waals surface area (Å²) < 4.78 is 0. The van der Waals surface area contributed by atoms with Crippen LogP contribution in [0.25, 0.3) is 0 Å². The van der Waals surface area contributed by atoms with Gasteiger partial charge in [-0.15, -0.1) is 0 Å². The van der Waals surface area contributed by atoms with Gasteiger partial charge in [-0.25, -0.2) is 0 Å². The van der Waals surface area contributed by atoms with Gasteiger partial charge < -0.3 is 10.2 Å². The van der Waals surface area contributed by atoms with Crippen LogP contribution >= 0.6 is 0 Å². The van der Waals surface area contributed by atoms with Crippen LogP contribution in [0.1, 0.15) is 62.4 Å². The number of hydrogen-bond acceptors (Lipinski definition) is 4. The topological polar surface area (TPSA) is 81.3 Å². The Labute approximate surface area is 160 Å². The maximum absolute atomic E-state index is 13.0. The van der Waals surface area contributed by atoms with E-state index in [1.807, 2.05) is 4.90 Å². The van der Waals surface area contributed by atoms with E-state index in [2.05, 4.69) is 34.3 Å². The molecule has 1 atom stereocenters. The number of hydrogen-bond donors (Lipinski definition) is 2. The Morgan fingerprint density at radius 2 is 2.11 bits per heavy atom. The summed E-state index contributed by atoms with van der Waals surface area (Å²) in [5.41, 5.74) is 3.58. The van der Waals surface area contributed by atoms with Gasteiger partial charge in [-0.2, -0.15) is 5.10 Å². The Morgan fingerprint density at radius 1 is 1.30 bits per heavy atom. The van der Waals surface area contributed by atoms with E-state index in [1.54, 1.807) is 0 Å². The van der Waals surface area contributed by atoms with Crippen LogP contribution in [0.5, 0.6) is 0 Å². The van der Waals surface area contributed by atoms with Gasteiger partial charge in [-0.05, 0) is 31.7 Å². The van der Waals surface area contributed by atoms with Crippen molar-refractivity contribution in [3.05, 3.63) is 17.0 Å². The van der Waals surface area contributed by atoms with Crippen molar-refractivity contribution in [1.29, 1.82) is 0 Å². The second-order valence-electron chi connectivity index (χ2n) is 8.63. The average Bonchev–Trinajstić information content (AvgIpc) is 3.40. The summed E-state index contributed by atoms with van der Waals surface area (Å²) in [5.74, 6) is 1.25. The van der Waals surface area contributed by atoms with Crippen LogP contribution in [0.2, 0.25) is 0 Å². The molecule has 148 valence electrons. The molecular formula is C20H31N5O2. The fraction of sp³-hybridized carbons (Fsp3) is 0.750. The number of amides is 2. The summed E-state index contributed by atoms with van der Waals surface area (Å²) in [4.78, 5) is 29.6. The molecule has 1 aromatic heterocycles. The number of H-pyrrole nitrogens is 1. The number of carbonyl (C=O) groups excluding carboxylic acids is 2. The molecule has 0 bridgehead atoms. The number of carbonyl (C=O) groups is 2. The molecule has 0 radical (unpaired) electrons. The SMILES string of the molecule is CC(C)CCN1CCNC(=O)C1CC(=O)N1CCc2[nH]nc(C3CC3)c2C1. The number of fused-ring (bicyclic) bond motifs is 1. The quantitative estimate of drug-likeness (QED) is 0.790. The van der Waals surface area contributed by atoms with Crippen LogP contribution in [0.15, 0.2) is 0 Å². The number of aromatic nitrogens is 2. The summed E-state index contributed by atoms with van der Waals surface area (Å²) in [7, 11) is 0. The van der Waals surface area contributed by atoms with Crippen molar-refractivity contribution >= 4 is 11.8 Å². The van der Waals surface area contributed by atoms with Crippen LogP contribution in [0.3, 0.4) is 0 Å². The van der Waals surface area contributed by atoms with Gasteiger partial charge in [0.25, 0.3) is 0 Å². The summed E-state index contributed by atoms with van der Waals surface area (Å²) in [6.07, 6.45) is 4.56. The molecule has 27 heavy (non-hydrogen) atoms. The standard InChI is InChI=1S/C20H31N5O2/c1-13(2)5-8-24-10-7-21-20(27)17(24)11-18(26)25-9-6-16-15(12-25)19(23-22-16)14-3-4-14/h13-14,17H,3-12H2,1-2H3,(H,21,27)(H,22,23). The van der Waals surface area contributed by atoms with Crippen molar-refractivity contribution < 1.29 is 9.59 Å². The Bertz CT molecular complexity index is 709. The minimum Gasteiger partial charge on any atom is -0.353 e. The molecule has 0 aromatic carbocycles. The van der Waals surface area contributed by atoms with Crippen LogP contribution in [0.4, 0.5) is 0 Å². The zero-order valence-electron chi connectivity index (χ0n) is 16.5. The third-order valence-corrected chi connectivity index (χ3v) is 6.09. The van der Waals surface area contributed by atoms with E-state index in [-0.39, 0.29) is 24.3 Å². The lowest BCUT2D eigenvalue weighted by atomic mass is 10.0. The normalized spacial score (nSPS) is 23.4. The number of piperazine rings is 1. The molecule has 3 aliphatic rings. The fourth-order valence-electron chi connectivity index (χ4n) is 4.19. The molecule has 7 heteroatoms. The van der Waals surface area contributed by atoms with Gasteiger partial charge in [0.2, 0.25) is 11.8 Å². The maximum atomic E-state index is 13.0. The van der Waals surface area contributed by atoms with E-state index in [9.17, 15) is 9.59 Å². The van der Waals surface area contributed by atoms with Gasteiger partial charge in [0.1, 0.15) is 0 Å². The van der Waals surface area contributed by atoms with Crippen molar-refractivity contribution in [1.82, 2.24) is 25.3 Å². The van der Waals surface area contributed by atoms with Crippen molar-refractivity contribution in [2.24, 2.45) is 5.92 Å². The Morgan fingerprint density at radius 3 is 2.85 bits per heavy atom. The number of nitrogens with zero attached hydrogens (tertiary/aromatic N) is 3. The van der Waals surface area contributed by atoms with Crippen molar-refractivity contribution in [3.8, 4) is 0 Å². The Balaban J connectivity index is 1.41. The fourth-order valence-corrected chi connectivity index (χ4v) is 4.19. The van der Waals surface area contributed by atoms with Crippen molar-refractivity contribution in [3.63, 3.8) is 0 Å². The predicted octanol–water partition coefficient (Wildman–Crippen LogP) is 1.41. The van der Waals surface area contributed by atoms with Crippen molar-refractivity contribution in [2.75, 3.05) is 26.2 Å². The lowest BCUT2D eigenvalue weighted by Gasteiger charge is -2.36. The second-order valence-corrected chi connectivity index (χ2v) is 8.63. The van der Waals surface area contributed by atoms with Crippen LogP contribution < -0.4 is 5.32 Å². The highest BCUT2D eigenvalue weighted by Gasteiger charge is 2.36. The molecular weight excluding hydrogens is 342 g/mol. The van der Waals surface area contributed by atoms with Gasteiger partial charge >= 0.3 is 0 Å². The highest BCUT2D eigenvalue weighted by Crippen LogP contribution is 2.42. The minimum atomic E-state index is -0.335.